The summed E-state index contributed by atoms with van der Waals surface area (Å²) in [6, 6.07) is 13.0. The van der Waals surface area contributed by atoms with E-state index in [4.69, 9.17) is 9.47 Å². The Morgan fingerprint density at radius 2 is 1.85 bits per heavy atom. The molecule has 2 aliphatic rings. The first-order chi connectivity index (χ1) is 18.8. The number of hydrogen-bond donors (Lipinski definition) is 0. The number of carbonyl (C=O) groups excluding carboxylic acids is 3. The number of thiazole rings is 1. The molecule has 2 aliphatic heterocycles. The Balaban J connectivity index is 1.76. The molecule has 39 heavy (non-hydrogen) atoms. The van der Waals surface area contributed by atoms with Gasteiger partial charge in [-0.15, -0.1) is 0 Å². The number of benzene rings is 2. The Morgan fingerprint density at radius 1 is 1.13 bits per heavy atom. The van der Waals surface area contributed by atoms with Gasteiger partial charge in [0.25, 0.3) is 11.5 Å². The highest BCUT2D eigenvalue weighted by molar-refractivity contribution is 7.07. The van der Waals surface area contributed by atoms with Gasteiger partial charge in [-0.3, -0.25) is 19.0 Å². The second-order valence-corrected chi connectivity index (χ2v) is 9.87. The van der Waals surface area contributed by atoms with E-state index in [1.807, 2.05) is 31.2 Å². The molecule has 0 bridgehead atoms. The number of esters is 2. The SMILES string of the molecule is C=CCOC(=O)C1=C(C)N=c2s/c(=C3/C(=O)N(CC)c4ccccc43)c(=O)n2[C@H]1c1ccc(OC(C)=O)cc1. The highest BCUT2D eigenvalue weighted by atomic mass is 32.1. The molecule has 1 amide bonds. The van der Waals surface area contributed by atoms with Crippen molar-refractivity contribution in [2.45, 2.75) is 26.8 Å². The highest BCUT2D eigenvalue weighted by Crippen LogP contribution is 2.35. The lowest BCUT2D eigenvalue weighted by atomic mass is 9.96. The fourth-order valence-electron chi connectivity index (χ4n) is 4.86. The molecule has 0 unspecified atom stereocenters. The summed E-state index contributed by atoms with van der Waals surface area (Å²) >= 11 is 1.11. The third kappa shape index (κ3) is 4.42. The lowest BCUT2D eigenvalue weighted by Crippen LogP contribution is -2.41. The molecular weight excluding hydrogens is 518 g/mol. The van der Waals surface area contributed by atoms with E-state index in [0.717, 1.165) is 17.0 Å². The van der Waals surface area contributed by atoms with Gasteiger partial charge in [-0.05, 0) is 37.6 Å². The van der Waals surface area contributed by atoms with Gasteiger partial charge in [-0.1, -0.05) is 54.3 Å². The average Bonchev–Trinajstić information content (AvgIpc) is 3.38. The smallest absolute Gasteiger partial charge is 0.338 e. The minimum Gasteiger partial charge on any atom is -0.458 e. The van der Waals surface area contributed by atoms with Crippen molar-refractivity contribution in [3.63, 3.8) is 0 Å². The number of ether oxygens (including phenoxy) is 2. The molecule has 0 spiro atoms. The fraction of sp³-hybridized carbons (Fsp3) is 0.207. The summed E-state index contributed by atoms with van der Waals surface area (Å²) in [6.45, 7) is 8.89. The summed E-state index contributed by atoms with van der Waals surface area (Å²) in [5.74, 6) is -1.04. The Kier molecular flexibility index (Phi) is 6.88. The quantitative estimate of drug-likeness (QED) is 0.269. The van der Waals surface area contributed by atoms with E-state index in [9.17, 15) is 19.2 Å². The molecule has 10 heteroatoms. The lowest BCUT2D eigenvalue weighted by molar-refractivity contribution is -0.138. The first-order valence-electron chi connectivity index (χ1n) is 12.3. The van der Waals surface area contributed by atoms with Crippen molar-refractivity contribution < 1.29 is 23.9 Å². The Labute approximate surface area is 227 Å². The van der Waals surface area contributed by atoms with Crippen LogP contribution in [0, 0.1) is 0 Å². The van der Waals surface area contributed by atoms with Gasteiger partial charge in [-0.25, -0.2) is 9.79 Å². The lowest BCUT2D eigenvalue weighted by Gasteiger charge is -2.24. The van der Waals surface area contributed by atoms with Crippen LogP contribution in [-0.4, -0.2) is 35.6 Å². The number of anilines is 1. The van der Waals surface area contributed by atoms with Gasteiger partial charge in [0.15, 0.2) is 4.80 Å². The zero-order valence-corrected chi connectivity index (χ0v) is 22.4. The van der Waals surface area contributed by atoms with Gasteiger partial charge < -0.3 is 14.4 Å². The molecule has 0 saturated carbocycles. The van der Waals surface area contributed by atoms with Gasteiger partial charge in [-0.2, -0.15) is 0 Å². The molecule has 198 valence electrons. The molecule has 0 radical (unpaired) electrons. The normalized spacial score (nSPS) is 17.4. The van der Waals surface area contributed by atoms with Crippen LogP contribution in [0.3, 0.4) is 0 Å². The van der Waals surface area contributed by atoms with Crippen LogP contribution in [0.2, 0.25) is 0 Å². The predicted molar refractivity (Wildman–Crippen MR) is 146 cm³/mol. The summed E-state index contributed by atoms with van der Waals surface area (Å²) in [6.07, 6.45) is 1.45. The molecule has 0 aliphatic carbocycles. The highest BCUT2D eigenvalue weighted by Gasteiger charge is 2.37. The van der Waals surface area contributed by atoms with E-state index < -0.39 is 23.5 Å². The van der Waals surface area contributed by atoms with Crippen LogP contribution in [0.5, 0.6) is 5.75 Å². The molecule has 9 nitrogen and oxygen atoms in total. The number of rotatable bonds is 6. The number of hydrogen-bond acceptors (Lipinski definition) is 8. The number of nitrogens with zero attached hydrogens (tertiary/aromatic N) is 3. The number of carbonyl (C=O) groups is 3. The van der Waals surface area contributed by atoms with E-state index in [1.54, 1.807) is 36.1 Å². The maximum Gasteiger partial charge on any atom is 0.338 e. The van der Waals surface area contributed by atoms with E-state index in [1.165, 1.54) is 17.6 Å². The minimum atomic E-state index is -0.881. The Hall–Kier alpha value is -4.57. The summed E-state index contributed by atoms with van der Waals surface area (Å²) in [4.78, 5) is 58.8. The largest absolute Gasteiger partial charge is 0.458 e. The third-order valence-corrected chi connectivity index (χ3v) is 7.53. The van der Waals surface area contributed by atoms with Crippen molar-refractivity contribution in [3.8, 4) is 5.75 Å². The Morgan fingerprint density at radius 3 is 2.51 bits per heavy atom. The molecule has 5 rings (SSSR count). The van der Waals surface area contributed by atoms with E-state index >= 15 is 0 Å². The van der Waals surface area contributed by atoms with Gasteiger partial charge in [0.1, 0.15) is 16.9 Å². The molecule has 3 heterocycles. The van der Waals surface area contributed by atoms with Crippen molar-refractivity contribution in [2.24, 2.45) is 4.99 Å². The molecule has 2 aromatic carbocycles. The zero-order valence-electron chi connectivity index (χ0n) is 21.6. The van der Waals surface area contributed by atoms with E-state index in [0.29, 0.717) is 39.5 Å². The monoisotopic (exact) mass is 543 g/mol. The molecule has 1 aromatic heterocycles. The molecule has 0 fully saturated rings. The second-order valence-electron chi connectivity index (χ2n) is 8.89. The van der Waals surface area contributed by atoms with Crippen molar-refractivity contribution in [2.75, 3.05) is 18.1 Å². The summed E-state index contributed by atoms with van der Waals surface area (Å²) in [5.41, 5.74) is 2.46. The number of amides is 1. The maximum atomic E-state index is 14.1. The zero-order chi connectivity index (χ0) is 27.8. The van der Waals surface area contributed by atoms with Crippen LogP contribution in [0.4, 0.5) is 5.69 Å². The van der Waals surface area contributed by atoms with Gasteiger partial charge >= 0.3 is 11.9 Å². The molecule has 1 atom stereocenters. The second kappa shape index (κ2) is 10.3. The number of allylic oxidation sites excluding steroid dienone is 1. The number of aromatic nitrogens is 1. The van der Waals surface area contributed by atoms with Crippen LogP contribution in [-0.2, 0) is 19.1 Å². The molecular formula is C29H25N3O6S. The predicted octanol–water partition coefficient (Wildman–Crippen LogP) is 2.63. The number of fused-ring (bicyclic) bond motifs is 2. The van der Waals surface area contributed by atoms with Crippen LogP contribution in [0.15, 0.2) is 82.2 Å². The fourth-order valence-corrected chi connectivity index (χ4v) is 6.00. The van der Waals surface area contributed by atoms with Crippen LogP contribution >= 0.6 is 11.3 Å². The number of para-hydroxylation sites is 1. The summed E-state index contributed by atoms with van der Waals surface area (Å²) in [5, 5.41) is 0. The molecule has 3 aromatic rings. The van der Waals surface area contributed by atoms with Crippen LogP contribution in [0.1, 0.15) is 37.9 Å². The van der Waals surface area contributed by atoms with Gasteiger partial charge in [0.2, 0.25) is 0 Å². The van der Waals surface area contributed by atoms with E-state index in [-0.39, 0.29) is 22.6 Å². The van der Waals surface area contributed by atoms with Gasteiger partial charge in [0.05, 0.1) is 28.6 Å². The van der Waals surface area contributed by atoms with Crippen LogP contribution in [0.25, 0.3) is 5.57 Å². The van der Waals surface area contributed by atoms with Crippen molar-refractivity contribution in [1.29, 1.82) is 0 Å². The summed E-state index contributed by atoms with van der Waals surface area (Å²) < 4.78 is 12.2. The van der Waals surface area contributed by atoms with Crippen molar-refractivity contribution in [1.82, 2.24) is 4.57 Å². The first-order valence-corrected chi connectivity index (χ1v) is 13.1. The topological polar surface area (TPSA) is 107 Å². The average molecular weight is 544 g/mol. The standard InChI is InChI=1S/C29H25N3O6S/c1-5-15-37-28(36)22-16(3)30-29-32(24(22)18-11-13-19(14-12-18)38-17(4)33)27(35)25(39-29)23-20-9-7-8-10-21(20)31(6-2)26(23)34/h5,7-14,24H,1,6,15H2,2-4H3/b25-23+/t24-/m0/s1. The van der Waals surface area contributed by atoms with Crippen molar-refractivity contribution in [3.05, 3.63) is 103 Å². The number of likely N-dealkylation sites (N-methyl/N-ethyl adjacent to an activating group) is 1. The first kappa shape index (κ1) is 26.1. The molecule has 0 saturated heterocycles. The Bertz CT molecular complexity index is 1750. The van der Waals surface area contributed by atoms with Crippen molar-refractivity contribution >= 4 is 40.4 Å². The third-order valence-electron chi connectivity index (χ3n) is 6.47. The summed E-state index contributed by atoms with van der Waals surface area (Å²) in [7, 11) is 0. The van der Waals surface area contributed by atoms with E-state index in [2.05, 4.69) is 11.6 Å². The minimum absolute atomic E-state index is 0.0135. The van der Waals surface area contributed by atoms with Crippen LogP contribution < -0.4 is 24.5 Å². The maximum absolute atomic E-state index is 14.1. The molecule has 0 N–H and O–H groups in total. The van der Waals surface area contributed by atoms with Gasteiger partial charge in [0, 0.05) is 19.0 Å².